The summed E-state index contributed by atoms with van der Waals surface area (Å²) < 4.78 is 15.1. The van der Waals surface area contributed by atoms with Gasteiger partial charge in [-0.15, -0.1) is 0 Å². The van der Waals surface area contributed by atoms with Crippen molar-refractivity contribution in [2.45, 2.75) is 77.2 Å². The average Bonchev–Trinajstić information content (AvgIpc) is 3.37. The lowest BCUT2D eigenvalue weighted by Gasteiger charge is -2.05. The molecule has 1 rings (SSSR count). The van der Waals surface area contributed by atoms with Crippen molar-refractivity contribution in [1.82, 2.24) is 0 Å². The molecule has 0 aliphatic carbocycles. The van der Waals surface area contributed by atoms with Gasteiger partial charge in [-0.05, 0) is 19.8 Å². The maximum atomic E-state index is 11.4. The topological polar surface area (TPSA) is 65.1 Å². The van der Waals surface area contributed by atoms with Crippen LogP contribution in [0.1, 0.15) is 71.1 Å². The molecule has 1 aliphatic rings. The lowest BCUT2D eigenvalue weighted by Crippen LogP contribution is -2.09. The van der Waals surface area contributed by atoms with Crippen LogP contribution in [0.3, 0.4) is 0 Å². The van der Waals surface area contributed by atoms with Crippen molar-refractivity contribution in [1.29, 1.82) is 0 Å². The molecule has 1 heterocycles. The average molecular weight is 340 g/mol. The standard InChI is InChI=1S/C19H32O5/c1-16(2)19(21)22-13-11-9-7-5-3-4-6-8-10-12-18(20)24-15-17-14-23-17/h17H,1,3-15H2,2H3. The zero-order valence-electron chi connectivity index (χ0n) is 15.0. The third-order valence-corrected chi connectivity index (χ3v) is 3.94. The van der Waals surface area contributed by atoms with Gasteiger partial charge in [0.05, 0.1) is 13.2 Å². The monoisotopic (exact) mass is 340 g/mol. The second-order valence-corrected chi connectivity index (χ2v) is 6.49. The highest BCUT2D eigenvalue weighted by Crippen LogP contribution is 2.12. The fourth-order valence-electron chi connectivity index (χ4n) is 2.32. The smallest absolute Gasteiger partial charge is 0.333 e. The van der Waals surface area contributed by atoms with Gasteiger partial charge in [-0.2, -0.15) is 0 Å². The Morgan fingerprint density at radius 3 is 2.04 bits per heavy atom. The number of carbonyl (C=O) groups is 2. The van der Waals surface area contributed by atoms with E-state index in [-0.39, 0.29) is 18.0 Å². The van der Waals surface area contributed by atoms with Gasteiger partial charge in [0.25, 0.3) is 0 Å². The highest BCUT2D eigenvalue weighted by atomic mass is 16.6. The molecule has 0 aromatic carbocycles. The molecule has 5 nitrogen and oxygen atoms in total. The van der Waals surface area contributed by atoms with E-state index in [1.807, 2.05) is 0 Å². The molecule has 0 N–H and O–H groups in total. The summed E-state index contributed by atoms with van der Waals surface area (Å²) in [4.78, 5) is 22.6. The molecular formula is C19H32O5. The van der Waals surface area contributed by atoms with Gasteiger partial charge in [0.1, 0.15) is 12.7 Å². The van der Waals surface area contributed by atoms with E-state index in [1.54, 1.807) is 6.92 Å². The van der Waals surface area contributed by atoms with Crippen molar-refractivity contribution >= 4 is 11.9 Å². The Balaban J connectivity index is 1.73. The van der Waals surface area contributed by atoms with Crippen molar-refractivity contribution in [2.24, 2.45) is 0 Å². The summed E-state index contributed by atoms with van der Waals surface area (Å²) in [5.74, 6) is -0.391. The van der Waals surface area contributed by atoms with Crippen LogP contribution in [0.5, 0.6) is 0 Å². The van der Waals surface area contributed by atoms with E-state index in [2.05, 4.69) is 6.58 Å². The largest absolute Gasteiger partial charge is 0.463 e. The van der Waals surface area contributed by atoms with E-state index in [0.717, 1.165) is 32.3 Å². The Morgan fingerprint density at radius 2 is 1.50 bits per heavy atom. The number of carbonyl (C=O) groups excluding carboxylic acids is 2. The van der Waals surface area contributed by atoms with Gasteiger partial charge < -0.3 is 14.2 Å². The van der Waals surface area contributed by atoms with Gasteiger partial charge in [0, 0.05) is 12.0 Å². The second kappa shape index (κ2) is 13.0. The van der Waals surface area contributed by atoms with Gasteiger partial charge in [0.2, 0.25) is 0 Å². The van der Waals surface area contributed by atoms with Gasteiger partial charge in [-0.1, -0.05) is 51.5 Å². The molecular weight excluding hydrogens is 308 g/mol. The Kier molecular flexibility index (Phi) is 11.2. The zero-order chi connectivity index (χ0) is 17.6. The highest BCUT2D eigenvalue weighted by Gasteiger charge is 2.23. The molecule has 0 saturated carbocycles. The van der Waals surface area contributed by atoms with Gasteiger partial charge in [-0.3, -0.25) is 4.79 Å². The van der Waals surface area contributed by atoms with Crippen LogP contribution in [-0.2, 0) is 23.8 Å². The summed E-state index contributed by atoms with van der Waals surface area (Å²) in [6.07, 6.45) is 10.7. The molecule has 1 unspecified atom stereocenters. The van der Waals surface area contributed by atoms with Gasteiger partial charge in [-0.25, -0.2) is 4.79 Å². The van der Waals surface area contributed by atoms with Crippen molar-refractivity contribution < 1.29 is 23.8 Å². The van der Waals surface area contributed by atoms with Crippen LogP contribution in [0.15, 0.2) is 12.2 Å². The van der Waals surface area contributed by atoms with E-state index >= 15 is 0 Å². The summed E-state index contributed by atoms with van der Waals surface area (Å²) in [5, 5.41) is 0. The Bertz CT molecular complexity index is 387. The van der Waals surface area contributed by atoms with Gasteiger partial charge >= 0.3 is 11.9 Å². The van der Waals surface area contributed by atoms with Crippen LogP contribution in [0, 0.1) is 0 Å². The minimum absolute atomic E-state index is 0.0992. The molecule has 1 atom stereocenters. The van der Waals surface area contributed by atoms with Crippen LogP contribution in [-0.4, -0.2) is 37.9 Å². The molecule has 24 heavy (non-hydrogen) atoms. The van der Waals surface area contributed by atoms with E-state index in [0.29, 0.717) is 25.2 Å². The minimum Gasteiger partial charge on any atom is -0.463 e. The number of hydrogen-bond donors (Lipinski definition) is 0. The first-order valence-corrected chi connectivity index (χ1v) is 9.19. The maximum absolute atomic E-state index is 11.4. The molecule has 1 saturated heterocycles. The van der Waals surface area contributed by atoms with Crippen LogP contribution < -0.4 is 0 Å². The summed E-state index contributed by atoms with van der Waals surface area (Å²) in [6, 6.07) is 0. The fourth-order valence-corrected chi connectivity index (χ4v) is 2.32. The van der Waals surface area contributed by atoms with E-state index < -0.39 is 0 Å². The molecule has 0 bridgehead atoms. The van der Waals surface area contributed by atoms with E-state index in [1.165, 1.54) is 32.1 Å². The number of rotatable bonds is 15. The van der Waals surface area contributed by atoms with Crippen molar-refractivity contribution in [3.63, 3.8) is 0 Å². The number of epoxide rings is 1. The van der Waals surface area contributed by atoms with Crippen LogP contribution in [0.4, 0.5) is 0 Å². The third kappa shape index (κ3) is 12.1. The highest BCUT2D eigenvalue weighted by molar-refractivity contribution is 5.86. The zero-order valence-corrected chi connectivity index (χ0v) is 15.0. The molecule has 0 spiro atoms. The van der Waals surface area contributed by atoms with Crippen molar-refractivity contribution in [3.05, 3.63) is 12.2 Å². The number of hydrogen-bond acceptors (Lipinski definition) is 5. The van der Waals surface area contributed by atoms with Crippen LogP contribution in [0.2, 0.25) is 0 Å². The lowest BCUT2D eigenvalue weighted by atomic mass is 10.1. The van der Waals surface area contributed by atoms with Crippen molar-refractivity contribution in [3.8, 4) is 0 Å². The Labute approximate surface area is 145 Å². The molecule has 0 radical (unpaired) electrons. The Hall–Kier alpha value is -1.36. The molecule has 0 aromatic heterocycles. The van der Waals surface area contributed by atoms with Gasteiger partial charge in [0.15, 0.2) is 0 Å². The maximum Gasteiger partial charge on any atom is 0.333 e. The summed E-state index contributed by atoms with van der Waals surface area (Å²) in [5.41, 5.74) is 0.459. The lowest BCUT2D eigenvalue weighted by molar-refractivity contribution is -0.144. The Morgan fingerprint density at radius 1 is 0.958 bits per heavy atom. The predicted molar refractivity (Wildman–Crippen MR) is 92.6 cm³/mol. The molecule has 5 heteroatoms. The van der Waals surface area contributed by atoms with E-state index in [4.69, 9.17) is 14.2 Å². The number of unbranched alkanes of at least 4 members (excludes halogenated alkanes) is 8. The van der Waals surface area contributed by atoms with Crippen LogP contribution >= 0.6 is 0 Å². The first kappa shape index (κ1) is 20.7. The quantitative estimate of drug-likeness (QED) is 0.195. The summed E-state index contributed by atoms with van der Waals surface area (Å²) in [6.45, 7) is 6.85. The third-order valence-electron chi connectivity index (χ3n) is 3.94. The fraction of sp³-hybridized carbons (Fsp3) is 0.789. The van der Waals surface area contributed by atoms with Crippen molar-refractivity contribution in [2.75, 3.05) is 19.8 Å². The first-order valence-electron chi connectivity index (χ1n) is 9.19. The van der Waals surface area contributed by atoms with Crippen LogP contribution in [0.25, 0.3) is 0 Å². The number of ether oxygens (including phenoxy) is 3. The molecule has 0 aromatic rings. The molecule has 0 amide bonds. The minimum atomic E-state index is -0.292. The van der Waals surface area contributed by atoms with E-state index in [9.17, 15) is 9.59 Å². The number of esters is 2. The summed E-state index contributed by atoms with van der Waals surface area (Å²) >= 11 is 0. The summed E-state index contributed by atoms with van der Waals surface area (Å²) in [7, 11) is 0. The predicted octanol–water partition coefficient (Wildman–Crippen LogP) is 3.95. The first-order chi connectivity index (χ1) is 11.6. The molecule has 1 fully saturated rings. The molecule has 138 valence electrons. The second-order valence-electron chi connectivity index (χ2n) is 6.49. The normalized spacial score (nSPS) is 15.8. The SMILES string of the molecule is C=C(C)C(=O)OCCCCCCCCCCCC(=O)OCC1CO1. The molecule has 1 aliphatic heterocycles.